The van der Waals surface area contributed by atoms with E-state index in [0.29, 0.717) is 12.0 Å². The number of nitrogens with zero attached hydrogens (tertiary/aromatic N) is 1. The summed E-state index contributed by atoms with van der Waals surface area (Å²) >= 11 is 0. The third-order valence-electron chi connectivity index (χ3n) is 7.66. The number of likely N-dealkylation sites (tertiary alicyclic amines) is 1. The summed E-state index contributed by atoms with van der Waals surface area (Å²) in [5.41, 5.74) is 3.94. The zero-order valence-corrected chi connectivity index (χ0v) is 19.8. The molecule has 4 heteroatoms. The normalized spacial score (nSPS) is 31.7. The van der Waals surface area contributed by atoms with E-state index in [9.17, 15) is 4.79 Å². The number of hydrogen-bond acceptors (Lipinski definition) is 4. The van der Waals surface area contributed by atoms with E-state index < -0.39 is 5.60 Å². The van der Waals surface area contributed by atoms with E-state index in [-0.39, 0.29) is 24.0 Å². The maximum absolute atomic E-state index is 12.5. The summed E-state index contributed by atoms with van der Waals surface area (Å²) in [4.78, 5) is 15.3. The molecule has 1 unspecified atom stereocenters. The SMILES string of the molecule is Cc1ccc2c(c1)[C@@]1(C)CCCN(CC3CC3)[C@H](C2NCC(=O)OC(C)(C)C)[C@@H]1C. The van der Waals surface area contributed by atoms with Gasteiger partial charge in [0.15, 0.2) is 0 Å². The summed E-state index contributed by atoms with van der Waals surface area (Å²) in [5.74, 6) is 1.23. The first-order valence-electron chi connectivity index (χ1n) is 11.9. The van der Waals surface area contributed by atoms with Crippen molar-refractivity contribution in [3.63, 3.8) is 0 Å². The molecule has 1 heterocycles. The van der Waals surface area contributed by atoms with E-state index in [2.05, 4.69) is 49.2 Å². The van der Waals surface area contributed by atoms with Crippen molar-refractivity contribution in [2.75, 3.05) is 19.6 Å². The molecule has 30 heavy (non-hydrogen) atoms. The minimum atomic E-state index is -0.452. The molecule has 1 aromatic rings. The van der Waals surface area contributed by atoms with Crippen molar-refractivity contribution >= 4 is 5.97 Å². The Morgan fingerprint density at radius 2 is 2.03 bits per heavy atom. The predicted octanol–water partition coefficient (Wildman–Crippen LogP) is 4.75. The van der Waals surface area contributed by atoms with Crippen LogP contribution in [0.1, 0.15) is 83.0 Å². The molecule has 2 fully saturated rings. The molecular weight excluding hydrogens is 372 g/mol. The monoisotopic (exact) mass is 412 g/mol. The van der Waals surface area contributed by atoms with Gasteiger partial charge >= 0.3 is 5.97 Å². The molecule has 166 valence electrons. The van der Waals surface area contributed by atoms with Gasteiger partial charge in [0.05, 0.1) is 6.54 Å². The number of nitrogens with one attached hydrogen (secondary N) is 1. The Morgan fingerprint density at radius 3 is 2.70 bits per heavy atom. The van der Waals surface area contributed by atoms with Crippen LogP contribution in [0.2, 0.25) is 0 Å². The molecule has 1 N–H and O–H groups in total. The van der Waals surface area contributed by atoms with E-state index >= 15 is 0 Å². The minimum absolute atomic E-state index is 0.160. The first-order chi connectivity index (χ1) is 14.1. The predicted molar refractivity (Wildman–Crippen MR) is 122 cm³/mol. The van der Waals surface area contributed by atoms with Gasteiger partial charge in [0.1, 0.15) is 5.60 Å². The fraction of sp³-hybridized carbons (Fsp3) is 0.731. The fourth-order valence-electron chi connectivity index (χ4n) is 5.87. The number of carbonyl (C=O) groups excluding carboxylic acids is 1. The van der Waals surface area contributed by atoms with Gasteiger partial charge in [-0.1, -0.05) is 37.6 Å². The van der Waals surface area contributed by atoms with Gasteiger partial charge in [-0.2, -0.15) is 0 Å². The van der Waals surface area contributed by atoms with Crippen molar-refractivity contribution in [3.8, 4) is 0 Å². The molecule has 4 rings (SSSR count). The number of benzene rings is 1. The van der Waals surface area contributed by atoms with Crippen molar-refractivity contribution in [3.05, 3.63) is 34.9 Å². The Balaban J connectivity index is 1.68. The zero-order chi connectivity index (χ0) is 21.7. The summed E-state index contributed by atoms with van der Waals surface area (Å²) in [6, 6.07) is 7.52. The second-order valence-corrected chi connectivity index (χ2v) is 11.3. The Kier molecular flexibility index (Phi) is 5.78. The Morgan fingerprint density at radius 1 is 1.30 bits per heavy atom. The van der Waals surface area contributed by atoms with Crippen LogP contribution in [0.4, 0.5) is 0 Å². The molecular formula is C26H40N2O2. The van der Waals surface area contributed by atoms with Crippen LogP contribution in [0.15, 0.2) is 18.2 Å². The molecule has 2 bridgehead atoms. The third kappa shape index (κ3) is 4.31. The average Bonchev–Trinajstić information content (AvgIpc) is 3.46. The van der Waals surface area contributed by atoms with Crippen LogP contribution in [-0.4, -0.2) is 42.1 Å². The lowest BCUT2D eigenvalue weighted by Gasteiger charge is -2.51. The number of rotatable bonds is 5. The van der Waals surface area contributed by atoms with Crippen molar-refractivity contribution in [1.82, 2.24) is 10.2 Å². The molecule has 0 aromatic heterocycles. The number of fused-ring (bicyclic) bond motifs is 4. The maximum Gasteiger partial charge on any atom is 0.320 e. The first kappa shape index (κ1) is 21.8. The van der Waals surface area contributed by atoms with Crippen molar-refractivity contribution in [2.45, 2.75) is 90.3 Å². The molecule has 0 spiro atoms. The molecule has 4 nitrogen and oxygen atoms in total. The maximum atomic E-state index is 12.5. The minimum Gasteiger partial charge on any atom is -0.459 e. The lowest BCUT2D eigenvalue weighted by atomic mass is 9.60. The second kappa shape index (κ2) is 7.94. The van der Waals surface area contributed by atoms with Gasteiger partial charge in [0, 0.05) is 18.6 Å². The van der Waals surface area contributed by atoms with Crippen LogP contribution in [-0.2, 0) is 14.9 Å². The molecule has 1 saturated heterocycles. The van der Waals surface area contributed by atoms with Crippen LogP contribution < -0.4 is 5.32 Å². The lowest BCUT2D eigenvalue weighted by molar-refractivity contribution is -0.153. The Labute approximate surface area is 182 Å². The van der Waals surface area contributed by atoms with E-state index in [1.807, 2.05) is 20.8 Å². The molecule has 2 aliphatic carbocycles. The summed E-state index contributed by atoms with van der Waals surface area (Å²) in [6.45, 7) is 15.5. The van der Waals surface area contributed by atoms with Crippen LogP contribution in [0, 0.1) is 18.8 Å². The smallest absolute Gasteiger partial charge is 0.320 e. The number of hydrogen-bond donors (Lipinski definition) is 1. The Bertz CT molecular complexity index is 795. The third-order valence-corrected chi connectivity index (χ3v) is 7.66. The van der Waals surface area contributed by atoms with Crippen molar-refractivity contribution < 1.29 is 9.53 Å². The van der Waals surface area contributed by atoms with Gasteiger partial charge in [0.2, 0.25) is 0 Å². The molecule has 0 amide bonds. The van der Waals surface area contributed by atoms with Crippen LogP contribution in [0.5, 0.6) is 0 Å². The van der Waals surface area contributed by atoms with Gasteiger partial charge in [-0.05, 0) is 88.3 Å². The van der Waals surface area contributed by atoms with E-state index in [1.54, 1.807) is 0 Å². The van der Waals surface area contributed by atoms with Gasteiger partial charge < -0.3 is 4.74 Å². The standard InChI is InChI=1S/C26H40N2O2/c1-17-8-11-20-21(14-17)26(6)12-7-13-28(16-19-9-10-19)24(18(26)2)23(20)27-15-22(29)30-25(3,4)5/h8,11,14,18-19,23-24,27H,7,9-10,12-13,15-16H2,1-6H3/t18-,23?,24-,26-/m0/s1. The van der Waals surface area contributed by atoms with Gasteiger partial charge in [-0.3, -0.25) is 15.0 Å². The molecule has 1 aliphatic heterocycles. The van der Waals surface area contributed by atoms with Crippen LogP contribution in [0.25, 0.3) is 0 Å². The molecule has 3 aliphatic rings. The van der Waals surface area contributed by atoms with Crippen molar-refractivity contribution in [2.24, 2.45) is 11.8 Å². The van der Waals surface area contributed by atoms with E-state index in [1.165, 1.54) is 55.5 Å². The summed E-state index contributed by atoms with van der Waals surface area (Å²) in [6.07, 6.45) is 5.23. The largest absolute Gasteiger partial charge is 0.459 e. The summed E-state index contributed by atoms with van der Waals surface area (Å²) in [7, 11) is 0. The zero-order valence-electron chi connectivity index (χ0n) is 19.8. The number of ether oxygens (including phenoxy) is 1. The molecule has 4 atom stereocenters. The molecule has 1 aromatic carbocycles. The van der Waals surface area contributed by atoms with Gasteiger partial charge in [-0.25, -0.2) is 0 Å². The van der Waals surface area contributed by atoms with Gasteiger partial charge in [0.25, 0.3) is 0 Å². The van der Waals surface area contributed by atoms with Gasteiger partial charge in [-0.15, -0.1) is 0 Å². The highest BCUT2D eigenvalue weighted by molar-refractivity contribution is 5.72. The highest BCUT2D eigenvalue weighted by Crippen LogP contribution is 2.52. The second-order valence-electron chi connectivity index (χ2n) is 11.3. The number of carbonyl (C=O) groups is 1. The van der Waals surface area contributed by atoms with Crippen molar-refractivity contribution in [1.29, 1.82) is 0 Å². The van der Waals surface area contributed by atoms with E-state index in [4.69, 9.17) is 4.74 Å². The number of aryl methyl sites for hydroxylation is 1. The molecule has 1 saturated carbocycles. The first-order valence-corrected chi connectivity index (χ1v) is 11.9. The fourth-order valence-corrected chi connectivity index (χ4v) is 5.87. The number of esters is 1. The highest BCUT2D eigenvalue weighted by atomic mass is 16.6. The van der Waals surface area contributed by atoms with Crippen LogP contribution >= 0.6 is 0 Å². The van der Waals surface area contributed by atoms with Crippen LogP contribution in [0.3, 0.4) is 0 Å². The Hall–Kier alpha value is -1.39. The molecule has 0 radical (unpaired) electrons. The summed E-state index contributed by atoms with van der Waals surface area (Å²) < 4.78 is 5.60. The topological polar surface area (TPSA) is 41.6 Å². The van der Waals surface area contributed by atoms with E-state index in [0.717, 1.165) is 5.92 Å². The highest BCUT2D eigenvalue weighted by Gasteiger charge is 2.51. The lowest BCUT2D eigenvalue weighted by Crippen LogP contribution is -2.56. The summed E-state index contributed by atoms with van der Waals surface area (Å²) in [5, 5.41) is 3.66. The average molecular weight is 413 g/mol. The quantitative estimate of drug-likeness (QED) is 0.709.